The zero-order chi connectivity index (χ0) is 20.0. The lowest BCUT2D eigenvalue weighted by molar-refractivity contribution is -0.317. The van der Waals surface area contributed by atoms with E-state index in [4.69, 9.17) is 32.7 Å². The van der Waals surface area contributed by atoms with Gasteiger partial charge in [0.15, 0.2) is 11.5 Å². The minimum atomic E-state index is -5.09. The van der Waals surface area contributed by atoms with Gasteiger partial charge in [-0.15, -0.1) is 0 Å². The van der Waals surface area contributed by atoms with Gasteiger partial charge in [0.1, 0.15) is 0 Å². The lowest BCUT2D eigenvalue weighted by Crippen LogP contribution is -2.65. The van der Waals surface area contributed by atoms with Crippen LogP contribution in [0.5, 0.6) is 11.5 Å². The number of fused-ring (bicyclic) bond motifs is 1. The van der Waals surface area contributed by atoms with Crippen LogP contribution in [-0.2, 0) is 0 Å². The normalized spacial score (nSPS) is 14.8. The average molecular weight is 421 g/mol. The molecule has 0 saturated heterocycles. The van der Waals surface area contributed by atoms with Gasteiger partial charge in [-0.05, 0) is 31.0 Å². The van der Waals surface area contributed by atoms with Crippen LogP contribution in [0.25, 0.3) is 0 Å². The number of halogens is 5. The van der Waals surface area contributed by atoms with Crippen molar-refractivity contribution in [3.63, 3.8) is 0 Å². The van der Waals surface area contributed by atoms with Crippen molar-refractivity contribution in [3.8, 4) is 11.5 Å². The van der Waals surface area contributed by atoms with E-state index in [0.717, 1.165) is 17.7 Å². The molecule has 144 valence electrons. The molecule has 0 saturated carbocycles. The number of carbonyl (C=O) groups excluding carboxylic acids is 1. The maximum absolute atomic E-state index is 13.7. The predicted octanol–water partition coefficient (Wildman–Crippen LogP) is 5.42. The third kappa shape index (κ3) is 3.59. The Hall–Kier alpha value is -2.32. The summed E-state index contributed by atoms with van der Waals surface area (Å²) in [5, 5.41) is 4.04. The Morgan fingerprint density at radius 3 is 2.15 bits per heavy atom. The zero-order valence-electron chi connectivity index (χ0n) is 14.0. The van der Waals surface area contributed by atoms with Gasteiger partial charge in [-0.25, -0.2) is 4.79 Å². The van der Waals surface area contributed by atoms with E-state index >= 15 is 0 Å². The van der Waals surface area contributed by atoms with E-state index in [1.54, 1.807) is 24.4 Å². The lowest BCUT2D eigenvalue weighted by Gasteiger charge is -2.29. The van der Waals surface area contributed by atoms with Gasteiger partial charge in [-0.3, -0.25) is 5.32 Å². The highest BCUT2D eigenvalue weighted by Crippen LogP contribution is 2.48. The molecule has 0 aromatic heterocycles. The Bertz CT molecular complexity index is 888. The number of alkyl halides is 3. The number of anilines is 1. The van der Waals surface area contributed by atoms with E-state index in [0.29, 0.717) is 11.3 Å². The van der Waals surface area contributed by atoms with E-state index in [9.17, 15) is 18.0 Å². The number of hydrogen-bond donors (Lipinski definition) is 2. The van der Waals surface area contributed by atoms with Crippen molar-refractivity contribution in [2.75, 3.05) is 5.32 Å². The number of benzene rings is 2. The summed E-state index contributed by atoms with van der Waals surface area (Å²) in [4.78, 5) is 12.2. The number of aryl methyl sites for hydroxylation is 1. The molecule has 0 atom stereocenters. The molecular formula is C17H13Cl2F3N2O3. The first kappa shape index (κ1) is 19.4. The van der Waals surface area contributed by atoms with Crippen LogP contribution in [0.4, 0.5) is 23.7 Å². The molecule has 0 spiro atoms. The van der Waals surface area contributed by atoms with Gasteiger partial charge in [0.25, 0.3) is 0 Å². The van der Waals surface area contributed by atoms with Gasteiger partial charge in [-0.1, -0.05) is 35.3 Å². The third-order valence-electron chi connectivity index (χ3n) is 4.00. The summed E-state index contributed by atoms with van der Waals surface area (Å²) >= 11 is 11.6. The number of nitrogens with one attached hydrogen (secondary N) is 2. The SMILES string of the molecule is Cc1cccc(NC(=O)NC2(C(F)(F)F)Oc3cc(Cl)c(Cl)cc3O2)c1C. The van der Waals surface area contributed by atoms with Gasteiger partial charge in [0.2, 0.25) is 0 Å². The van der Waals surface area contributed by atoms with Crippen LogP contribution in [0.15, 0.2) is 30.3 Å². The first-order valence-corrected chi connectivity index (χ1v) is 8.37. The summed E-state index contributed by atoms with van der Waals surface area (Å²) in [6.07, 6.45) is -5.09. The Morgan fingerprint density at radius 2 is 1.63 bits per heavy atom. The van der Waals surface area contributed by atoms with Crippen molar-refractivity contribution in [2.24, 2.45) is 0 Å². The quantitative estimate of drug-likeness (QED) is 0.681. The molecule has 2 N–H and O–H groups in total. The van der Waals surface area contributed by atoms with E-state index in [2.05, 4.69) is 5.32 Å². The van der Waals surface area contributed by atoms with E-state index < -0.39 is 18.1 Å². The predicted molar refractivity (Wildman–Crippen MR) is 94.6 cm³/mol. The van der Waals surface area contributed by atoms with E-state index in [1.165, 1.54) is 0 Å². The highest BCUT2D eigenvalue weighted by Gasteiger charge is 2.65. The molecule has 0 fully saturated rings. The average Bonchev–Trinajstić information content (AvgIpc) is 2.90. The molecule has 0 bridgehead atoms. The van der Waals surface area contributed by atoms with Crippen LogP contribution in [0, 0.1) is 13.8 Å². The highest BCUT2D eigenvalue weighted by atomic mass is 35.5. The summed E-state index contributed by atoms with van der Waals surface area (Å²) in [6, 6.07) is 6.04. The zero-order valence-corrected chi connectivity index (χ0v) is 15.5. The first-order valence-electron chi connectivity index (χ1n) is 7.61. The monoisotopic (exact) mass is 420 g/mol. The number of carbonyl (C=O) groups is 1. The van der Waals surface area contributed by atoms with Crippen LogP contribution in [0.2, 0.25) is 10.0 Å². The van der Waals surface area contributed by atoms with Crippen molar-refractivity contribution in [1.29, 1.82) is 0 Å². The van der Waals surface area contributed by atoms with Crippen LogP contribution in [0.3, 0.4) is 0 Å². The molecule has 2 aromatic carbocycles. The van der Waals surface area contributed by atoms with Gasteiger partial charge in [0, 0.05) is 17.8 Å². The van der Waals surface area contributed by atoms with Gasteiger partial charge < -0.3 is 14.8 Å². The maximum atomic E-state index is 13.7. The largest absolute Gasteiger partial charge is 0.492 e. The standard InChI is InChI=1S/C17H13Cl2F3N2O3/c1-8-4-3-5-12(9(8)2)23-15(25)24-17(16(20,21)22)26-13-6-10(18)11(19)7-14(13)27-17/h3-7H,1-2H3,(H2,23,24,25). The molecule has 0 aliphatic carbocycles. The summed E-state index contributed by atoms with van der Waals surface area (Å²) in [5.74, 6) is -4.01. The van der Waals surface area contributed by atoms with Crippen molar-refractivity contribution in [1.82, 2.24) is 5.32 Å². The smallest absolute Gasteiger partial charge is 0.424 e. The minimum absolute atomic E-state index is 0.0168. The number of hydrogen-bond acceptors (Lipinski definition) is 3. The van der Waals surface area contributed by atoms with Crippen LogP contribution in [-0.4, -0.2) is 18.1 Å². The molecular weight excluding hydrogens is 408 g/mol. The second-order valence-corrected chi connectivity index (χ2v) is 6.67. The Kier molecular flexibility index (Phi) is 4.81. The first-order chi connectivity index (χ1) is 12.5. The number of rotatable bonds is 2. The van der Waals surface area contributed by atoms with Gasteiger partial charge in [-0.2, -0.15) is 13.2 Å². The molecule has 1 heterocycles. The van der Waals surface area contributed by atoms with Crippen molar-refractivity contribution < 1.29 is 27.4 Å². The molecule has 1 aliphatic heterocycles. The minimum Gasteiger partial charge on any atom is -0.424 e. The fraction of sp³-hybridized carbons (Fsp3) is 0.235. The lowest BCUT2D eigenvalue weighted by atomic mass is 10.1. The molecule has 3 rings (SSSR count). The summed E-state index contributed by atoms with van der Waals surface area (Å²) in [6.45, 7) is 3.54. The van der Waals surface area contributed by atoms with E-state index in [-0.39, 0.29) is 21.5 Å². The number of amides is 2. The topological polar surface area (TPSA) is 59.6 Å². The summed E-state index contributed by atoms with van der Waals surface area (Å²) in [5.41, 5.74) is 1.93. The number of urea groups is 1. The van der Waals surface area contributed by atoms with E-state index in [1.807, 2.05) is 13.0 Å². The third-order valence-corrected chi connectivity index (χ3v) is 4.72. The highest BCUT2D eigenvalue weighted by molar-refractivity contribution is 6.42. The van der Waals surface area contributed by atoms with Crippen LogP contribution in [0.1, 0.15) is 11.1 Å². The van der Waals surface area contributed by atoms with Gasteiger partial charge in [0.05, 0.1) is 10.0 Å². The number of ether oxygens (including phenoxy) is 2. The summed E-state index contributed by atoms with van der Waals surface area (Å²) in [7, 11) is 0. The van der Waals surface area contributed by atoms with Gasteiger partial charge >= 0.3 is 18.1 Å². The molecule has 2 aromatic rings. The molecule has 2 amide bonds. The fourth-order valence-electron chi connectivity index (χ4n) is 2.43. The summed E-state index contributed by atoms with van der Waals surface area (Å²) < 4.78 is 50.8. The second-order valence-electron chi connectivity index (χ2n) is 5.86. The van der Waals surface area contributed by atoms with Crippen LogP contribution >= 0.6 is 23.2 Å². The van der Waals surface area contributed by atoms with Crippen molar-refractivity contribution in [3.05, 3.63) is 51.5 Å². The van der Waals surface area contributed by atoms with Crippen LogP contribution < -0.4 is 20.1 Å². The molecule has 0 unspecified atom stereocenters. The Balaban J connectivity index is 1.87. The molecule has 10 heteroatoms. The Labute approximate surface area is 162 Å². The van der Waals surface area contributed by atoms with Crippen molar-refractivity contribution in [2.45, 2.75) is 25.9 Å². The fourth-order valence-corrected chi connectivity index (χ4v) is 2.73. The maximum Gasteiger partial charge on any atom is 0.492 e. The second kappa shape index (κ2) is 6.69. The molecule has 27 heavy (non-hydrogen) atoms. The molecule has 5 nitrogen and oxygen atoms in total. The molecule has 0 radical (unpaired) electrons. The Morgan fingerprint density at radius 1 is 1.07 bits per heavy atom. The van der Waals surface area contributed by atoms with Crippen molar-refractivity contribution >= 4 is 34.9 Å². The molecule has 1 aliphatic rings.